The van der Waals surface area contributed by atoms with Gasteiger partial charge in [-0.25, -0.2) is 19.0 Å². The zero-order valence-corrected chi connectivity index (χ0v) is 32.0. The van der Waals surface area contributed by atoms with Gasteiger partial charge in [-0.15, -0.1) is 0 Å². The van der Waals surface area contributed by atoms with Crippen LogP contribution in [0.3, 0.4) is 0 Å². The Bertz CT molecular complexity index is 2360. The molecular formula is C35H34Cl2F7N9O4. The molecule has 0 unspecified atom stereocenters. The van der Waals surface area contributed by atoms with Crippen LogP contribution in [0.1, 0.15) is 37.8 Å². The van der Waals surface area contributed by atoms with Crippen LogP contribution in [0.15, 0.2) is 24.5 Å². The van der Waals surface area contributed by atoms with E-state index >= 15 is 4.39 Å². The zero-order chi connectivity index (χ0) is 42.4. The number of aromatic amines is 1. The molecule has 0 spiro atoms. The van der Waals surface area contributed by atoms with Gasteiger partial charge in [0.1, 0.15) is 11.3 Å². The third-order valence-electron chi connectivity index (χ3n) is 9.97. The number of carbonyl (C=O) groups is 2. The van der Waals surface area contributed by atoms with Gasteiger partial charge in [-0.2, -0.15) is 41.8 Å². The SMILES string of the molecule is Cc1c(Cl)cc2[nH]ncc2c1-c1c(Cl)cc2c(nc(N3CC(C)(N(C)C)C3)c3cnn([C@H]4CCN[C@H](CC#N)C4)c32)c1F.O=C(O)C(F)(F)F.O=C(O)C(F)(F)F. The number of rotatable bonds is 5. The summed E-state index contributed by atoms with van der Waals surface area (Å²) < 4.78 is 82.5. The van der Waals surface area contributed by atoms with Crippen molar-refractivity contribution in [2.45, 2.75) is 63.1 Å². The number of carboxylic acids is 2. The second-order valence-corrected chi connectivity index (χ2v) is 14.8. The van der Waals surface area contributed by atoms with Gasteiger partial charge >= 0.3 is 24.3 Å². The first kappa shape index (κ1) is 43.2. The molecule has 306 valence electrons. The van der Waals surface area contributed by atoms with Crippen LogP contribution in [0.4, 0.5) is 36.6 Å². The molecule has 5 heterocycles. The monoisotopic (exact) mass is 847 g/mol. The van der Waals surface area contributed by atoms with Gasteiger partial charge in [-0.05, 0) is 65.0 Å². The Kier molecular flexibility index (Phi) is 12.2. The Labute approximate surface area is 328 Å². The quantitative estimate of drug-likeness (QED) is 0.129. The number of H-pyrrole nitrogens is 1. The van der Waals surface area contributed by atoms with Crippen molar-refractivity contribution >= 4 is 73.7 Å². The number of aliphatic carboxylic acids is 2. The molecule has 0 bridgehead atoms. The van der Waals surface area contributed by atoms with E-state index in [1.54, 1.807) is 12.3 Å². The summed E-state index contributed by atoms with van der Waals surface area (Å²) in [5.74, 6) is -5.31. The lowest BCUT2D eigenvalue weighted by atomic mass is 9.90. The molecule has 2 atom stereocenters. The van der Waals surface area contributed by atoms with Crippen molar-refractivity contribution in [1.82, 2.24) is 35.2 Å². The first-order valence-corrected chi connectivity index (χ1v) is 17.7. The van der Waals surface area contributed by atoms with E-state index in [9.17, 15) is 31.6 Å². The van der Waals surface area contributed by atoms with E-state index < -0.39 is 30.1 Å². The number of aromatic nitrogens is 5. The maximum Gasteiger partial charge on any atom is 0.490 e. The zero-order valence-electron chi connectivity index (χ0n) is 30.4. The number of likely N-dealkylation sites (N-methyl/N-ethyl adjacent to an activating group) is 1. The van der Waals surface area contributed by atoms with E-state index in [-0.39, 0.29) is 33.7 Å². The van der Waals surface area contributed by atoms with Crippen LogP contribution in [-0.4, -0.2) is 110 Å². The average molecular weight is 849 g/mol. The number of anilines is 1. The van der Waals surface area contributed by atoms with Gasteiger partial charge in [0.05, 0.1) is 57.9 Å². The number of halogens is 9. The molecule has 57 heavy (non-hydrogen) atoms. The summed E-state index contributed by atoms with van der Waals surface area (Å²) >= 11 is 13.6. The second kappa shape index (κ2) is 16.1. The highest BCUT2D eigenvalue weighted by Gasteiger charge is 2.43. The van der Waals surface area contributed by atoms with E-state index in [1.807, 2.05) is 23.9 Å². The molecule has 2 fully saturated rings. The minimum atomic E-state index is -5.08. The number of piperidine rings is 1. The molecule has 2 aliphatic heterocycles. The lowest BCUT2D eigenvalue weighted by molar-refractivity contribution is -0.193. The fourth-order valence-corrected chi connectivity index (χ4v) is 7.26. The van der Waals surface area contributed by atoms with Gasteiger partial charge in [0, 0.05) is 46.1 Å². The van der Waals surface area contributed by atoms with Crippen molar-refractivity contribution in [3.8, 4) is 17.2 Å². The molecule has 0 amide bonds. The van der Waals surface area contributed by atoms with Gasteiger partial charge in [-0.3, -0.25) is 9.78 Å². The summed E-state index contributed by atoms with van der Waals surface area (Å²) in [7, 11) is 4.15. The molecule has 3 aromatic heterocycles. The number of carboxylic acid groups (broad SMARTS) is 2. The molecule has 0 aliphatic carbocycles. The minimum absolute atomic E-state index is 0.0208. The first-order chi connectivity index (χ1) is 26.5. The van der Waals surface area contributed by atoms with E-state index in [0.717, 1.165) is 48.8 Å². The lowest BCUT2D eigenvalue weighted by Gasteiger charge is -2.52. The molecule has 0 saturated carbocycles. The normalized spacial score (nSPS) is 18.1. The summed E-state index contributed by atoms with van der Waals surface area (Å²) in [6.45, 7) is 6.35. The molecule has 0 radical (unpaired) electrons. The summed E-state index contributed by atoms with van der Waals surface area (Å²) in [6, 6.07) is 6.00. The Morgan fingerprint density at radius 3 is 2.19 bits per heavy atom. The molecule has 4 N–H and O–H groups in total. The third-order valence-corrected chi connectivity index (χ3v) is 10.7. The van der Waals surface area contributed by atoms with Crippen LogP contribution in [-0.2, 0) is 9.59 Å². The van der Waals surface area contributed by atoms with Crippen LogP contribution in [0.25, 0.3) is 43.8 Å². The number of alkyl halides is 6. The fourth-order valence-electron chi connectivity index (χ4n) is 6.77. The minimum Gasteiger partial charge on any atom is -0.475 e. The molecule has 7 rings (SSSR count). The highest BCUT2D eigenvalue weighted by atomic mass is 35.5. The van der Waals surface area contributed by atoms with Crippen LogP contribution in [0.2, 0.25) is 10.0 Å². The highest BCUT2D eigenvalue weighted by Crippen LogP contribution is 2.46. The van der Waals surface area contributed by atoms with Crippen molar-refractivity contribution in [3.63, 3.8) is 0 Å². The van der Waals surface area contributed by atoms with Gasteiger partial charge in [0.2, 0.25) is 0 Å². The summed E-state index contributed by atoms with van der Waals surface area (Å²) in [5.41, 5.74) is 3.29. The predicted molar refractivity (Wildman–Crippen MR) is 197 cm³/mol. The Balaban J connectivity index is 0.000000380. The van der Waals surface area contributed by atoms with Crippen molar-refractivity contribution in [1.29, 1.82) is 5.26 Å². The van der Waals surface area contributed by atoms with Crippen molar-refractivity contribution in [3.05, 3.63) is 46.0 Å². The Hall–Kier alpha value is -4.97. The van der Waals surface area contributed by atoms with Gasteiger partial charge in [0.15, 0.2) is 5.82 Å². The Morgan fingerprint density at radius 1 is 1.02 bits per heavy atom. The van der Waals surface area contributed by atoms with Gasteiger partial charge < -0.3 is 25.3 Å². The molecule has 13 nitrogen and oxygen atoms in total. The molecule has 2 aromatic carbocycles. The summed E-state index contributed by atoms with van der Waals surface area (Å²) in [5, 5.41) is 42.0. The predicted octanol–water partition coefficient (Wildman–Crippen LogP) is 7.50. The van der Waals surface area contributed by atoms with Crippen molar-refractivity contribution in [2.24, 2.45) is 0 Å². The number of fused-ring (bicyclic) bond motifs is 4. The van der Waals surface area contributed by atoms with Crippen molar-refractivity contribution in [2.75, 3.05) is 38.6 Å². The number of nitrogens with zero attached hydrogens (tertiary/aromatic N) is 7. The molecule has 22 heteroatoms. The van der Waals surface area contributed by atoms with Crippen molar-refractivity contribution < 1.29 is 50.5 Å². The molecular weight excluding hydrogens is 814 g/mol. The number of benzene rings is 2. The van der Waals surface area contributed by atoms with Gasteiger partial charge in [0.25, 0.3) is 0 Å². The maximum absolute atomic E-state index is 17.1. The molecule has 5 aromatic rings. The number of nitriles is 1. The van der Waals surface area contributed by atoms with Crippen LogP contribution in [0.5, 0.6) is 0 Å². The van der Waals surface area contributed by atoms with Crippen LogP contribution >= 0.6 is 23.2 Å². The van der Waals surface area contributed by atoms with E-state index in [1.165, 1.54) is 0 Å². The number of pyridine rings is 1. The fraction of sp³-hybridized carbons (Fsp3) is 0.429. The standard InChI is InChI=1S/C31H32Cl2FN9.2C2HF3O2/c1-16-22(32)11-24-20(12-37-40-24)25(16)26-23(33)10-19-28(27(26)34)39-30(42-14-31(2,15-42)41(3)4)21-13-38-43(29(19)21)18-6-8-36-17(9-18)5-7-35;2*3-2(4,5)1(6)7/h10-13,17-18,36H,5-6,8-9,14-15H2,1-4H3,(H,37,40);2*(H,6,7)/t17-,18+;;/m1../s1. The lowest BCUT2D eigenvalue weighted by Crippen LogP contribution is -2.67. The largest absolute Gasteiger partial charge is 0.490 e. The number of hydrogen-bond donors (Lipinski definition) is 4. The summed E-state index contributed by atoms with van der Waals surface area (Å²) in [6.07, 6.45) is -4.64. The maximum atomic E-state index is 17.1. The topological polar surface area (TPSA) is 176 Å². The van der Waals surface area contributed by atoms with Gasteiger partial charge in [-0.1, -0.05) is 23.2 Å². The number of hydrogen-bond acceptors (Lipinski definition) is 9. The van der Waals surface area contributed by atoms with Crippen LogP contribution in [0, 0.1) is 24.1 Å². The molecule has 2 aliphatic rings. The molecule has 2 saturated heterocycles. The average Bonchev–Trinajstić information content (AvgIpc) is 3.76. The van der Waals surface area contributed by atoms with E-state index in [4.69, 9.17) is 53.1 Å². The first-order valence-electron chi connectivity index (χ1n) is 16.9. The summed E-state index contributed by atoms with van der Waals surface area (Å²) in [4.78, 5) is 27.2. The highest BCUT2D eigenvalue weighted by molar-refractivity contribution is 6.36. The van der Waals surface area contributed by atoms with Crippen LogP contribution < -0.4 is 10.2 Å². The van der Waals surface area contributed by atoms with E-state index in [0.29, 0.717) is 39.3 Å². The Morgan fingerprint density at radius 2 is 1.63 bits per heavy atom. The number of nitrogens with one attached hydrogen (secondary N) is 2. The third kappa shape index (κ3) is 8.66. The van der Waals surface area contributed by atoms with E-state index in [2.05, 4.69) is 52.4 Å². The smallest absolute Gasteiger partial charge is 0.475 e. The second-order valence-electron chi connectivity index (χ2n) is 14.0.